The molecule has 0 saturated heterocycles. The predicted octanol–water partition coefficient (Wildman–Crippen LogP) is 1.76. The van der Waals surface area contributed by atoms with E-state index in [1.165, 1.54) is 4.57 Å². The highest BCUT2D eigenvalue weighted by Gasteiger charge is 2.25. The number of nitrogens with one attached hydrogen (secondary N) is 2. The Balaban J connectivity index is 1.86. The topological polar surface area (TPSA) is 111 Å². The molecule has 0 bridgehead atoms. The van der Waals surface area contributed by atoms with Gasteiger partial charge in [0.25, 0.3) is 5.56 Å². The van der Waals surface area contributed by atoms with Gasteiger partial charge in [-0.2, -0.15) is 4.98 Å². The Bertz CT molecular complexity index is 1130. The fourth-order valence-corrected chi connectivity index (χ4v) is 4.36. The largest absolute Gasteiger partial charge is 0.351 e. The van der Waals surface area contributed by atoms with E-state index in [-0.39, 0.29) is 12.1 Å². The van der Waals surface area contributed by atoms with Gasteiger partial charge >= 0.3 is 5.69 Å². The van der Waals surface area contributed by atoms with Crippen LogP contribution < -0.4 is 22.3 Å². The molecule has 8 nitrogen and oxygen atoms in total. The highest BCUT2D eigenvalue weighted by molar-refractivity contribution is 14.1. The number of hydrogen-bond acceptors (Lipinski definition) is 5. The van der Waals surface area contributed by atoms with E-state index >= 15 is 0 Å². The molecule has 1 aromatic carbocycles. The van der Waals surface area contributed by atoms with Gasteiger partial charge in [0, 0.05) is 22.7 Å². The molecule has 0 radical (unpaired) electrons. The average molecular weight is 494 g/mol. The quantitative estimate of drug-likeness (QED) is 0.479. The number of aromatic amines is 1. The number of rotatable bonds is 4. The van der Waals surface area contributed by atoms with Crippen LogP contribution in [0.25, 0.3) is 11.2 Å². The van der Waals surface area contributed by atoms with Gasteiger partial charge in [-0.05, 0) is 47.1 Å². The molecule has 2 atom stereocenters. The maximum absolute atomic E-state index is 12.6. The van der Waals surface area contributed by atoms with E-state index in [9.17, 15) is 9.59 Å². The maximum Gasteiger partial charge on any atom is 0.329 e. The van der Waals surface area contributed by atoms with Gasteiger partial charge in [-0.3, -0.25) is 18.9 Å². The Morgan fingerprint density at radius 3 is 2.79 bits per heavy atom. The lowest BCUT2D eigenvalue weighted by Gasteiger charge is -2.29. The number of nitrogens with two attached hydrogens (primary N) is 1. The number of fused-ring (bicyclic) bond motifs is 1. The number of anilines is 1. The number of hydrogen-bond donors (Lipinski definition) is 3. The highest BCUT2D eigenvalue weighted by atomic mass is 127. The number of nitrogens with zero attached hydrogens (tertiary/aromatic N) is 3. The van der Waals surface area contributed by atoms with Crippen molar-refractivity contribution in [3.8, 4) is 0 Å². The Hall–Kier alpha value is -2.14. The summed E-state index contributed by atoms with van der Waals surface area (Å²) in [6.45, 7) is 0.473. The van der Waals surface area contributed by atoms with Crippen molar-refractivity contribution >= 4 is 39.7 Å². The predicted molar refractivity (Wildman–Crippen MR) is 118 cm³/mol. The molecule has 2 aromatic heterocycles. The van der Waals surface area contributed by atoms with Crippen molar-refractivity contribution in [1.82, 2.24) is 19.1 Å². The molecule has 4 N–H and O–H groups in total. The Kier molecular flexibility index (Phi) is 5.28. The summed E-state index contributed by atoms with van der Waals surface area (Å²) in [5, 5.41) is 3.46. The molecule has 4 rings (SSSR count). The lowest BCUT2D eigenvalue weighted by Crippen LogP contribution is -2.43. The minimum absolute atomic E-state index is 0.0426. The maximum atomic E-state index is 12.6. The van der Waals surface area contributed by atoms with Gasteiger partial charge in [0.15, 0.2) is 11.2 Å². The Morgan fingerprint density at radius 2 is 2.04 bits per heavy atom. The van der Waals surface area contributed by atoms with Crippen LogP contribution in [0.15, 0.2) is 33.9 Å². The van der Waals surface area contributed by atoms with Gasteiger partial charge in [-0.15, -0.1) is 0 Å². The third-order valence-corrected chi connectivity index (χ3v) is 6.48. The second-order valence-electron chi connectivity index (χ2n) is 7.30. The number of halogens is 1. The molecular weight excluding hydrogens is 471 g/mol. The van der Waals surface area contributed by atoms with Crippen LogP contribution in [0.2, 0.25) is 0 Å². The number of aromatic nitrogens is 4. The summed E-state index contributed by atoms with van der Waals surface area (Å²) in [6, 6.07) is 8.14. The number of benzene rings is 1. The summed E-state index contributed by atoms with van der Waals surface area (Å²) >= 11 is 2.28. The van der Waals surface area contributed by atoms with Crippen LogP contribution in [0, 0.1) is 3.57 Å². The molecule has 1 saturated carbocycles. The monoisotopic (exact) mass is 494 g/mol. The van der Waals surface area contributed by atoms with Crippen LogP contribution in [0.1, 0.15) is 31.2 Å². The van der Waals surface area contributed by atoms with Gasteiger partial charge in [-0.25, -0.2) is 4.79 Å². The summed E-state index contributed by atoms with van der Waals surface area (Å²) in [5.41, 5.74) is 7.23. The molecule has 148 valence electrons. The van der Waals surface area contributed by atoms with Gasteiger partial charge in [0.2, 0.25) is 5.95 Å². The highest BCUT2D eigenvalue weighted by Crippen LogP contribution is 2.24. The van der Waals surface area contributed by atoms with E-state index in [1.54, 1.807) is 7.05 Å². The molecule has 28 heavy (non-hydrogen) atoms. The van der Waals surface area contributed by atoms with Crippen molar-refractivity contribution < 1.29 is 0 Å². The second-order valence-corrected chi connectivity index (χ2v) is 8.46. The summed E-state index contributed by atoms with van der Waals surface area (Å²) in [4.78, 5) is 31.7. The molecule has 1 aliphatic carbocycles. The van der Waals surface area contributed by atoms with Crippen molar-refractivity contribution in [2.24, 2.45) is 12.8 Å². The minimum atomic E-state index is -0.475. The first-order chi connectivity index (χ1) is 13.5. The van der Waals surface area contributed by atoms with E-state index in [1.807, 2.05) is 28.8 Å². The molecule has 9 heteroatoms. The van der Waals surface area contributed by atoms with Crippen LogP contribution in [0.3, 0.4) is 0 Å². The Morgan fingerprint density at radius 1 is 1.29 bits per heavy atom. The van der Waals surface area contributed by atoms with E-state index in [0.29, 0.717) is 23.7 Å². The fraction of sp³-hybridized carbons (Fsp3) is 0.421. The van der Waals surface area contributed by atoms with Crippen molar-refractivity contribution in [1.29, 1.82) is 0 Å². The first kappa shape index (κ1) is 19.2. The standard InChI is InChI=1S/C19H23IN6O2/c1-25-16-15(17(27)24-19(25)28)26(10-11-6-2-3-7-12(11)20)18(23-16)22-14-9-5-4-8-13(14)21/h2-3,6-7,13-14H,4-5,8-10,21H2,1H3,(H,22,23)(H,24,27,28)/t13-,14+/m0/s1. The zero-order chi connectivity index (χ0) is 19.8. The zero-order valence-corrected chi connectivity index (χ0v) is 17.8. The first-order valence-corrected chi connectivity index (χ1v) is 10.5. The molecule has 1 fully saturated rings. The summed E-state index contributed by atoms with van der Waals surface area (Å²) in [7, 11) is 1.61. The molecule has 0 aliphatic heterocycles. The van der Waals surface area contributed by atoms with Gasteiger partial charge < -0.3 is 11.1 Å². The van der Waals surface area contributed by atoms with E-state index in [2.05, 4.69) is 37.9 Å². The molecule has 1 aliphatic rings. The second kappa shape index (κ2) is 7.70. The van der Waals surface area contributed by atoms with Crippen molar-refractivity contribution in [2.45, 2.75) is 44.3 Å². The van der Waals surface area contributed by atoms with E-state index in [4.69, 9.17) is 5.73 Å². The van der Waals surface area contributed by atoms with Crippen molar-refractivity contribution in [2.75, 3.05) is 5.32 Å². The average Bonchev–Trinajstić information content (AvgIpc) is 3.02. The molecule has 2 heterocycles. The molecule has 0 spiro atoms. The SMILES string of the molecule is Cn1c(=O)[nH]c(=O)c2c1nc(N[C@@H]1CCCC[C@@H]1N)n2Cc1ccccc1I. The first-order valence-electron chi connectivity index (χ1n) is 9.41. The van der Waals surface area contributed by atoms with Crippen LogP contribution in [-0.4, -0.2) is 31.2 Å². The zero-order valence-electron chi connectivity index (χ0n) is 15.6. The number of imidazole rings is 1. The third-order valence-electron chi connectivity index (χ3n) is 5.43. The van der Waals surface area contributed by atoms with Crippen LogP contribution in [-0.2, 0) is 13.6 Å². The van der Waals surface area contributed by atoms with Crippen LogP contribution in [0.5, 0.6) is 0 Å². The fourth-order valence-electron chi connectivity index (χ4n) is 3.80. The van der Waals surface area contributed by atoms with Gasteiger partial charge in [0.1, 0.15) is 0 Å². The molecule has 3 aromatic rings. The summed E-state index contributed by atoms with van der Waals surface area (Å²) < 4.78 is 4.32. The summed E-state index contributed by atoms with van der Waals surface area (Å²) in [5.74, 6) is 0.573. The van der Waals surface area contributed by atoms with Crippen LogP contribution in [0.4, 0.5) is 5.95 Å². The van der Waals surface area contributed by atoms with Crippen molar-refractivity contribution in [3.05, 3.63) is 54.2 Å². The van der Waals surface area contributed by atoms with E-state index in [0.717, 1.165) is 34.8 Å². The lowest BCUT2D eigenvalue weighted by atomic mass is 9.91. The molecule has 0 unspecified atom stereocenters. The number of H-pyrrole nitrogens is 1. The Labute approximate surface area is 175 Å². The number of aryl methyl sites for hydroxylation is 1. The van der Waals surface area contributed by atoms with Gasteiger partial charge in [0.05, 0.1) is 6.54 Å². The van der Waals surface area contributed by atoms with Gasteiger partial charge in [-0.1, -0.05) is 31.0 Å². The summed E-state index contributed by atoms with van der Waals surface area (Å²) in [6.07, 6.45) is 4.17. The smallest absolute Gasteiger partial charge is 0.329 e. The third kappa shape index (κ3) is 3.48. The molecule has 0 amide bonds. The minimum Gasteiger partial charge on any atom is -0.351 e. The van der Waals surface area contributed by atoms with E-state index < -0.39 is 11.2 Å². The molecular formula is C19H23IN6O2. The lowest BCUT2D eigenvalue weighted by molar-refractivity contribution is 0.401. The van der Waals surface area contributed by atoms with Crippen molar-refractivity contribution in [3.63, 3.8) is 0 Å². The van der Waals surface area contributed by atoms with Crippen LogP contribution >= 0.6 is 22.6 Å². The normalized spacial score (nSPS) is 19.8.